The standard InChI is InChI=1S/C17H15N3O3/c1-2-11-5-7-13(8-6-11)20-16(22)14(15(21)19-17(20)23)10-12-4-3-9-18-12/h3-10,22H,2H2,1H3,(H,19,21,23)/b12-10-. The molecular weight excluding hydrogens is 294 g/mol. The lowest BCUT2D eigenvalue weighted by molar-refractivity contribution is 0.429. The van der Waals surface area contributed by atoms with E-state index in [0.29, 0.717) is 11.4 Å². The summed E-state index contributed by atoms with van der Waals surface area (Å²) in [5.74, 6) is -0.411. The first-order valence-electron chi connectivity index (χ1n) is 7.20. The van der Waals surface area contributed by atoms with Crippen LogP contribution in [0.15, 0.2) is 56.7 Å². The first-order chi connectivity index (χ1) is 11.1. The molecule has 0 saturated heterocycles. The summed E-state index contributed by atoms with van der Waals surface area (Å²) in [4.78, 5) is 30.3. The number of nitrogens with one attached hydrogen (secondary N) is 1. The number of H-pyrrole nitrogens is 1. The van der Waals surface area contributed by atoms with Crippen molar-refractivity contribution in [1.82, 2.24) is 9.55 Å². The Balaban J connectivity index is 2.19. The molecule has 0 unspecified atom stereocenters. The van der Waals surface area contributed by atoms with Gasteiger partial charge in [-0.25, -0.2) is 9.36 Å². The molecule has 1 aromatic heterocycles. The molecule has 0 saturated carbocycles. The van der Waals surface area contributed by atoms with Gasteiger partial charge in [0.1, 0.15) is 5.56 Å². The third-order valence-corrected chi connectivity index (χ3v) is 3.59. The number of hydrogen-bond donors (Lipinski definition) is 2. The van der Waals surface area contributed by atoms with Gasteiger partial charge in [0, 0.05) is 6.21 Å². The van der Waals surface area contributed by atoms with Gasteiger partial charge in [0.25, 0.3) is 5.56 Å². The van der Waals surface area contributed by atoms with Gasteiger partial charge in [-0.1, -0.05) is 19.1 Å². The van der Waals surface area contributed by atoms with E-state index < -0.39 is 17.1 Å². The van der Waals surface area contributed by atoms with E-state index >= 15 is 0 Å². The molecule has 23 heavy (non-hydrogen) atoms. The van der Waals surface area contributed by atoms with Gasteiger partial charge in [0.15, 0.2) is 0 Å². The van der Waals surface area contributed by atoms with Crippen LogP contribution in [0.3, 0.4) is 0 Å². The van der Waals surface area contributed by atoms with Crippen LogP contribution in [0.1, 0.15) is 18.1 Å². The van der Waals surface area contributed by atoms with Gasteiger partial charge < -0.3 is 5.11 Å². The smallest absolute Gasteiger partial charge is 0.335 e. The van der Waals surface area contributed by atoms with E-state index in [-0.39, 0.29) is 5.56 Å². The first-order valence-corrected chi connectivity index (χ1v) is 7.20. The maximum Gasteiger partial charge on any atom is 0.335 e. The van der Waals surface area contributed by atoms with Gasteiger partial charge in [0.05, 0.1) is 11.4 Å². The second-order valence-electron chi connectivity index (χ2n) is 5.06. The number of hydrogen-bond acceptors (Lipinski definition) is 4. The summed E-state index contributed by atoms with van der Waals surface area (Å²) >= 11 is 0. The minimum absolute atomic E-state index is 0.0112. The van der Waals surface area contributed by atoms with Gasteiger partial charge >= 0.3 is 5.69 Å². The SMILES string of the molecule is CCc1ccc(-n2c(O)c(/C=C3/C=CC=N3)c(=O)[nH]c2=O)cc1. The second-order valence-corrected chi connectivity index (χ2v) is 5.06. The molecule has 2 heterocycles. The highest BCUT2D eigenvalue weighted by molar-refractivity contribution is 5.79. The summed E-state index contributed by atoms with van der Waals surface area (Å²) in [6.07, 6.45) is 7.30. The third-order valence-electron chi connectivity index (χ3n) is 3.59. The third kappa shape index (κ3) is 2.78. The van der Waals surface area contributed by atoms with Gasteiger partial charge in [-0.3, -0.25) is 14.8 Å². The molecule has 1 aliphatic heterocycles. The fraction of sp³-hybridized carbons (Fsp3) is 0.118. The van der Waals surface area contributed by atoms with Crippen LogP contribution in [-0.4, -0.2) is 20.9 Å². The van der Waals surface area contributed by atoms with Crippen molar-refractivity contribution in [1.29, 1.82) is 0 Å². The molecule has 116 valence electrons. The number of aromatic nitrogens is 2. The van der Waals surface area contributed by atoms with Crippen molar-refractivity contribution in [3.63, 3.8) is 0 Å². The highest BCUT2D eigenvalue weighted by Crippen LogP contribution is 2.20. The molecule has 1 aliphatic rings. The van der Waals surface area contributed by atoms with Crippen molar-refractivity contribution in [3.05, 3.63) is 74.1 Å². The lowest BCUT2D eigenvalue weighted by atomic mass is 10.1. The van der Waals surface area contributed by atoms with Crippen LogP contribution in [0.2, 0.25) is 0 Å². The molecule has 6 heteroatoms. The zero-order chi connectivity index (χ0) is 16.4. The first kappa shape index (κ1) is 14.8. The Labute approximate surface area is 131 Å². The molecule has 2 aromatic rings. The minimum atomic E-state index is -0.690. The van der Waals surface area contributed by atoms with Crippen molar-refractivity contribution in [2.75, 3.05) is 0 Å². The van der Waals surface area contributed by atoms with Crippen molar-refractivity contribution in [3.8, 4) is 11.6 Å². The maximum atomic E-state index is 12.1. The summed E-state index contributed by atoms with van der Waals surface area (Å²) in [5.41, 5.74) is 0.756. The number of benzene rings is 1. The average molecular weight is 309 g/mol. The number of aromatic amines is 1. The molecular formula is C17H15N3O3. The molecule has 0 aliphatic carbocycles. The van der Waals surface area contributed by atoms with Crippen molar-refractivity contribution in [2.24, 2.45) is 4.99 Å². The molecule has 0 spiro atoms. The van der Waals surface area contributed by atoms with Crippen LogP contribution in [0, 0.1) is 0 Å². The maximum absolute atomic E-state index is 12.1. The predicted molar refractivity (Wildman–Crippen MR) is 89.3 cm³/mol. The Morgan fingerprint density at radius 2 is 2.00 bits per heavy atom. The van der Waals surface area contributed by atoms with E-state index in [4.69, 9.17) is 0 Å². The van der Waals surface area contributed by atoms with Crippen LogP contribution in [0.5, 0.6) is 5.88 Å². The largest absolute Gasteiger partial charge is 0.494 e. The van der Waals surface area contributed by atoms with Crippen LogP contribution in [0.25, 0.3) is 11.8 Å². The van der Waals surface area contributed by atoms with Gasteiger partial charge in [0.2, 0.25) is 5.88 Å². The average Bonchev–Trinajstić information content (AvgIpc) is 3.05. The number of aryl methyl sites for hydroxylation is 1. The summed E-state index contributed by atoms with van der Waals surface area (Å²) in [6.45, 7) is 2.03. The molecule has 0 fully saturated rings. The number of aromatic hydroxyl groups is 1. The Bertz CT molecular complexity index is 931. The Kier molecular flexibility index (Phi) is 3.80. The number of aliphatic imine (C=N–C) groups is 1. The lowest BCUT2D eigenvalue weighted by Crippen LogP contribution is -2.30. The molecule has 6 nitrogen and oxygen atoms in total. The van der Waals surface area contributed by atoms with Gasteiger partial charge in [-0.05, 0) is 42.3 Å². The molecule has 1 aromatic carbocycles. The van der Waals surface area contributed by atoms with Crippen LogP contribution < -0.4 is 11.2 Å². The topological polar surface area (TPSA) is 87.4 Å². The Morgan fingerprint density at radius 1 is 1.26 bits per heavy atom. The minimum Gasteiger partial charge on any atom is -0.494 e. The Morgan fingerprint density at radius 3 is 2.61 bits per heavy atom. The zero-order valence-corrected chi connectivity index (χ0v) is 12.5. The van der Waals surface area contributed by atoms with Crippen LogP contribution in [-0.2, 0) is 6.42 Å². The highest BCUT2D eigenvalue weighted by atomic mass is 16.3. The summed E-state index contributed by atoms with van der Waals surface area (Å²) in [6, 6.07) is 7.19. The second kappa shape index (κ2) is 5.92. The normalized spacial score (nSPS) is 14.7. The quantitative estimate of drug-likeness (QED) is 0.906. The summed E-state index contributed by atoms with van der Waals surface area (Å²) < 4.78 is 1.07. The molecule has 0 amide bonds. The van der Waals surface area contributed by atoms with E-state index in [2.05, 4.69) is 9.98 Å². The zero-order valence-electron chi connectivity index (χ0n) is 12.5. The number of nitrogens with zero attached hydrogens (tertiary/aromatic N) is 2. The van der Waals surface area contributed by atoms with Crippen LogP contribution >= 0.6 is 0 Å². The predicted octanol–water partition coefficient (Wildman–Crippen LogP) is 1.78. The summed E-state index contributed by atoms with van der Waals surface area (Å²) in [7, 11) is 0. The molecule has 0 atom stereocenters. The van der Waals surface area contributed by atoms with Crippen molar-refractivity contribution in [2.45, 2.75) is 13.3 Å². The number of allylic oxidation sites excluding steroid dienone is 2. The van der Waals surface area contributed by atoms with Crippen LogP contribution in [0.4, 0.5) is 0 Å². The summed E-state index contributed by atoms with van der Waals surface area (Å²) in [5, 5.41) is 10.4. The van der Waals surface area contributed by atoms with E-state index in [0.717, 1.165) is 16.6 Å². The van der Waals surface area contributed by atoms with E-state index in [1.807, 2.05) is 19.1 Å². The molecule has 0 radical (unpaired) electrons. The lowest BCUT2D eigenvalue weighted by Gasteiger charge is -2.10. The highest BCUT2D eigenvalue weighted by Gasteiger charge is 2.14. The molecule has 2 N–H and O–H groups in total. The fourth-order valence-electron chi connectivity index (χ4n) is 2.34. The molecule has 0 bridgehead atoms. The Hall–Kier alpha value is -3.15. The fourth-order valence-corrected chi connectivity index (χ4v) is 2.34. The van der Waals surface area contributed by atoms with E-state index in [1.54, 1.807) is 30.5 Å². The van der Waals surface area contributed by atoms with E-state index in [1.165, 1.54) is 6.08 Å². The number of rotatable bonds is 3. The van der Waals surface area contributed by atoms with E-state index in [9.17, 15) is 14.7 Å². The van der Waals surface area contributed by atoms with Gasteiger partial charge in [-0.2, -0.15) is 0 Å². The van der Waals surface area contributed by atoms with Crippen molar-refractivity contribution < 1.29 is 5.11 Å². The molecule has 3 rings (SSSR count). The monoisotopic (exact) mass is 309 g/mol. The van der Waals surface area contributed by atoms with Gasteiger partial charge in [-0.15, -0.1) is 0 Å². The van der Waals surface area contributed by atoms with Crippen molar-refractivity contribution >= 4 is 12.3 Å².